The Balaban J connectivity index is 2.00. The van der Waals surface area contributed by atoms with Crippen LogP contribution in [0, 0.1) is 0 Å². The number of fused-ring (bicyclic) bond motifs is 1. The Labute approximate surface area is 144 Å². The molecule has 0 saturated heterocycles. The molecule has 0 fully saturated rings. The summed E-state index contributed by atoms with van der Waals surface area (Å²) in [5.74, 6) is -0.856. The van der Waals surface area contributed by atoms with Crippen LogP contribution in [0.5, 0.6) is 0 Å². The van der Waals surface area contributed by atoms with Crippen LogP contribution in [0.15, 0.2) is 48.5 Å². The maximum absolute atomic E-state index is 11.3. The van der Waals surface area contributed by atoms with Crippen molar-refractivity contribution in [2.75, 3.05) is 19.0 Å². The Morgan fingerprint density at radius 1 is 1.17 bits per heavy atom. The van der Waals surface area contributed by atoms with Crippen molar-refractivity contribution in [2.45, 2.75) is 6.42 Å². The van der Waals surface area contributed by atoms with E-state index < -0.39 is 5.97 Å². The second-order valence-electron chi connectivity index (χ2n) is 5.71. The summed E-state index contributed by atoms with van der Waals surface area (Å²) in [5.41, 5.74) is 3.70. The van der Waals surface area contributed by atoms with E-state index in [9.17, 15) is 9.90 Å². The van der Waals surface area contributed by atoms with Crippen molar-refractivity contribution in [1.82, 2.24) is 4.98 Å². The van der Waals surface area contributed by atoms with Crippen LogP contribution in [0.1, 0.15) is 17.0 Å². The molecule has 3 aromatic rings. The molecule has 0 aliphatic heterocycles. The molecule has 0 unspecified atom stereocenters. The molecule has 5 heteroatoms. The number of nitrogens with zero attached hydrogens (tertiary/aromatic N) is 2. The van der Waals surface area contributed by atoms with E-state index in [1.54, 1.807) is 0 Å². The predicted octanol–water partition coefficient (Wildman–Crippen LogP) is 4.38. The fraction of sp³-hybridized carbons (Fsp3) is 0.158. The number of para-hydroxylation sites is 1. The summed E-state index contributed by atoms with van der Waals surface area (Å²) in [5, 5.41) is 10.0. The minimum Gasteiger partial charge on any atom is -0.481 e. The minimum atomic E-state index is -0.856. The molecule has 0 bridgehead atoms. The summed E-state index contributed by atoms with van der Waals surface area (Å²) < 4.78 is 1.06. The number of hydrogen-bond donors (Lipinski definition) is 1. The average molecular weight is 338 g/mol. The van der Waals surface area contributed by atoms with Crippen molar-refractivity contribution in [3.05, 3.63) is 59.1 Å². The van der Waals surface area contributed by atoms with Gasteiger partial charge in [0, 0.05) is 19.8 Å². The van der Waals surface area contributed by atoms with Gasteiger partial charge in [0.2, 0.25) is 0 Å². The highest BCUT2D eigenvalue weighted by molar-refractivity contribution is 7.19. The van der Waals surface area contributed by atoms with Crippen LogP contribution in [0.2, 0.25) is 0 Å². The van der Waals surface area contributed by atoms with Crippen LogP contribution in [0.3, 0.4) is 0 Å². The lowest BCUT2D eigenvalue weighted by Crippen LogP contribution is -2.07. The van der Waals surface area contributed by atoms with Crippen LogP contribution in [-0.4, -0.2) is 30.2 Å². The molecule has 1 aromatic heterocycles. The highest BCUT2D eigenvalue weighted by atomic mass is 32.1. The van der Waals surface area contributed by atoms with E-state index in [1.165, 1.54) is 11.3 Å². The van der Waals surface area contributed by atoms with E-state index in [4.69, 9.17) is 0 Å². The van der Waals surface area contributed by atoms with Crippen LogP contribution >= 0.6 is 11.3 Å². The van der Waals surface area contributed by atoms with Gasteiger partial charge in [0.15, 0.2) is 0 Å². The van der Waals surface area contributed by atoms with Crippen LogP contribution in [0.25, 0.3) is 21.9 Å². The molecular formula is C19H18N2O2S. The summed E-state index contributed by atoms with van der Waals surface area (Å²) in [6.07, 6.45) is 1.86. The van der Waals surface area contributed by atoms with Crippen LogP contribution < -0.4 is 4.90 Å². The van der Waals surface area contributed by atoms with Gasteiger partial charge in [-0.3, -0.25) is 4.79 Å². The van der Waals surface area contributed by atoms with E-state index in [2.05, 4.69) is 4.98 Å². The first-order valence-corrected chi connectivity index (χ1v) is 8.40. The number of rotatable bonds is 5. The molecule has 1 N–H and O–H groups in total. The smallest absolute Gasteiger partial charge is 0.307 e. The number of hydrogen-bond acceptors (Lipinski definition) is 4. The highest BCUT2D eigenvalue weighted by Gasteiger charge is 2.12. The molecule has 0 spiro atoms. The molecule has 1 heterocycles. The van der Waals surface area contributed by atoms with Crippen molar-refractivity contribution < 1.29 is 9.90 Å². The number of benzene rings is 2. The van der Waals surface area contributed by atoms with Gasteiger partial charge in [0.25, 0.3) is 0 Å². The van der Waals surface area contributed by atoms with Crippen molar-refractivity contribution in [3.8, 4) is 0 Å². The van der Waals surface area contributed by atoms with Gasteiger partial charge in [-0.1, -0.05) is 24.3 Å². The molecule has 0 aliphatic rings. The zero-order valence-electron chi connectivity index (χ0n) is 13.6. The third-order valence-corrected chi connectivity index (χ3v) is 4.77. The van der Waals surface area contributed by atoms with E-state index in [0.717, 1.165) is 32.0 Å². The molecule has 0 radical (unpaired) electrons. The summed E-state index contributed by atoms with van der Waals surface area (Å²) in [6.45, 7) is 0. The number of thiazole rings is 1. The fourth-order valence-electron chi connectivity index (χ4n) is 2.43. The number of aliphatic carboxylic acids is 1. The zero-order chi connectivity index (χ0) is 17.1. The summed E-state index contributed by atoms with van der Waals surface area (Å²) in [6, 6.07) is 15.9. The maximum atomic E-state index is 11.3. The number of carboxylic acid groups (broad SMARTS) is 1. The SMILES string of the molecule is CN(C)c1ccc(/C=C(\CC(=O)O)c2nc3ccccc3s2)cc1. The second kappa shape index (κ2) is 6.84. The van der Waals surface area contributed by atoms with Crippen molar-refractivity contribution in [1.29, 1.82) is 0 Å². The lowest BCUT2D eigenvalue weighted by Gasteiger charge is -2.12. The summed E-state index contributed by atoms with van der Waals surface area (Å²) in [7, 11) is 3.98. The molecule has 2 aromatic carbocycles. The standard InChI is InChI=1S/C19H18N2O2S/c1-21(2)15-9-7-13(8-10-15)11-14(12-18(22)23)19-20-16-5-3-4-6-17(16)24-19/h3-11H,12H2,1-2H3,(H,22,23)/b14-11+. The normalized spacial score (nSPS) is 11.7. The molecule has 3 rings (SSSR count). The third-order valence-electron chi connectivity index (χ3n) is 3.66. The second-order valence-corrected chi connectivity index (χ2v) is 6.74. The number of anilines is 1. The van der Waals surface area contributed by atoms with Crippen molar-refractivity contribution in [2.24, 2.45) is 0 Å². The highest BCUT2D eigenvalue weighted by Crippen LogP contribution is 2.30. The quantitative estimate of drug-likeness (QED) is 0.750. The summed E-state index contributed by atoms with van der Waals surface area (Å²) in [4.78, 5) is 17.9. The fourth-order valence-corrected chi connectivity index (χ4v) is 3.41. The average Bonchev–Trinajstić information content (AvgIpc) is 2.98. The molecule has 24 heavy (non-hydrogen) atoms. The number of aromatic nitrogens is 1. The molecule has 122 valence electrons. The van der Waals surface area contributed by atoms with Gasteiger partial charge >= 0.3 is 5.97 Å². The first-order valence-electron chi connectivity index (χ1n) is 7.58. The van der Waals surface area contributed by atoms with E-state index in [0.29, 0.717) is 0 Å². The molecule has 0 saturated carbocycles. The Bertz CT molecular complexity index is 862. The third kappa shape index (κ3) is 3.63. The predicted molar refractivity (Wildman–Crippen MR) is 101 cm³/mol. The summed E-state index contributed by atoms with van der Waals surface area (Å²) >= 11 is 1.52. The van der Waals surface area contributed by atoms with Gasteiger partial charge < -0.3 is 10.0 Å². The molecule has 4 nitrogen and oxygen atoms in total. The minimum absolute atomic E-state index is 0.0464. The Kier molecular flexibility index (Phi) is 4.62. The largest absolute Gasteiger partial charge is 0.481 e. The van der Waals surface area contributed by atoms with Gasteiger partial charge in [0.05, 0.1) is 16.6 Å². The topological polar surface area (TPSA) is 53.4 Å². The van der Waals surface area contributed by atoms with Gasteiger partial charge in [-0.15, -0.1) is 11.3 Å². The van der Waals surface area contributed by atoms with Gasteiger partial charge in [-0.2, -0.15) is 0 Å². The lowest BCUT2D eigenvalue weighted by atomic mass is 10.1. The monoisotopic (exact) mass is 338 g/mol. The van der Waals surface area contributed by atoms with Crippen molar-refractivity contribution in [3.63, 3.8) is 0 Å². The molecule has 0 amide bonds. The molecule has 0 atom stereocenters. The number of carboxylic acids is 1. The van der Waals surface area contributed by atoms with Gasteiger partial charge in [-0.05, 0) is 41.5 Å². The van der Waals surface area contributed by atoms with E-state index in [-0.39, 0.29) is 6.42 Å². The zero-order valence-corrected chi connectivity index (χ0v) is 14.4. The van der Waals surface area contributed by atoms with Crippen LogP contribution in [0.4, 0.5) is 5.69 Å². The van der Waals surface area contributed by atoms with Crippen molar-refractivity contribution >= 4 is 44.9 Å². The van der Waals surface area contributed by atoms with Gasteiger partial charge in [-0.25, -0.2) is 4.98 Å². The number of carbonyl (C=O) groups is 1. The van der Waals surface area contributed by atoms with Gasteiger partial charge in [0.1, 0.15) is 5.01 Å². The maximum Gasteiger partial charge on any atom is 0.307 e. The van der Waals surface area contributed by atoms with Crippen LogP contribution in [-0.2, 0) is 4.79 Å². The van der Waals surface area contributed by atoms with E-state index in [1.807, 2.05) is 73.6 Å². The lowest BCUT2D eigenvalue weighted by molar-refractivity contribution is -0.135. The molecule has 0 aliphatic carbocycles. The molecular weight excluding hydrogens is 320 g/mol. The Morgan fingerprint density at radius 3 is 2.50 bits per heavy atom. The Hall–Kier alpha value is -2.66. The first kappa shape index (κ1) is 16.2. The van der Waals surface area contributed by atoms with E-state index >= 15 is 0 Å². The first-order chi connectivity index (χ1) is 11.5. The Morgan fingerprint density at radius 2 is 1.88 bits per heavy atom.